The summed E-state index contributed by atoms with van der Waals surface area (Å²) >= 11 is 0. The Hall–Kier alpha value is -2.77. The molecule has 0 unspecified atom stereocenters. The highest BCUT2D eigenvalue weighted by Gasteiger charge is 2.12. The molecule has 22 heavy (non-hydrogen) atoms. The van der Waals surface area contributed by atoms with Crippen LogP contribution in [0.1, 0.15) is 19.8 Å². The van der Waals surface area contributed by atoms with E-state index < -0.39 is 10.5 Å². The van der Waals surface area contributed by atoms with Crippen LogP contribution in [-0.4, -0.2) is 26.9 Å². The average Bonchev–Trinajstić information content (AvgIpc) is 2.50. The molecule has 1 N–H and O–H groups in total. The molecule has 116 valence electrons. The smallest absolute Gasteiger partial charge is 0.270 e. The van der Waals surface area contributed by atoms with Crippen molar-refractivity contribution < 1.29 is 9.72 Å². The van der Waals surface area contributed by atoms with Gasteiger partial charge in [-0.25, -0.2) is 4.98 Å². The Bertz CT molecular complexity index is 769. The Labute approximate surface area is 125 Å². The molecule has 2 aromatic rings. The van der Waals surface area contributed by atoms with Crippen LogP contribution < -0.4 is 10.9 Å². The first-order valence-corrected chi connectivity index (χ1v) is 6.93. The standard InChI is InChI=1S/C14H16N4O4/c1-2-3-6-15-13(19)8-17-9-16-12-5-4-10(18(21)22)7-11(12)14(17)20/h4-5,7,9H,2-3,6,8H2,1H3,(H,15,19). The molecular formula is C14H16N4O4. The molecule has 8 nitrogen and oxygen atoms in total. The molecule has 0 aliphatic heterocycles. The van der Waals surface area contributed by atoms with E-state index >= 15 is 0 Å². The van der Waals surface area contributed by atoms with Gasteiger partial charge < -0.3 is 5.32 Å². The molecule has 0 aliphatic carbocycles. The van der Waals surface area contributed by atoms with E-state index in [1.807, 2.05) is 6.92 Å². The van der Waals surface area contributed by atoms with Gasteiger partial charge in [-0.3, -0.25) is 24.3 Å². The fraction of sp³-hybridized carbons (Fsp3) is 0.357. The third-order valence-corrected chi connectivity index (χ3v) is 3.18. The van der Waals surface area contributed by atoms with Gasteiger partial charge in [0.05, 0.1) is 22.2 Å². The molecule has 0 radical (unpaired) electrons. The second-order valence-corrected chi connectivity index (χ2v) is 4.84. The lowest BCUT2D eigenvalue weighted by atomic mass is 10.2. The van der Waals surface area contributed by atoms with Gasteiger partial charge in [0.25, 0.3) is 11.2 Å². The molecule has 1 amide bonds. The molecule has 1 aromatic carbocycles. The first-order valence-electron chi connectivity index (χ1n) is 6.93. The minimum absolute atomic E-state index is 0.123. The zero-order chi connectivity index (χ0) is 16.1. The number of aromatic nitrogens is 2. The topological polar surface area (TPSA) is 107 Å². The number of hydrogen-bond donors (Lipinski definition) is 1. The molecule has 0 aliphatic rings. The summed E-state index contributed by atoms with van der Waals surface area (Å²) in [7, 11) is 0. The SMILES string of the molecule is CCCCNC(=O)Cn1cnc2ccc([N+](=O)[O-])cc2c1=O. The number of fused-ring (bicyclic) bond motifs is 1. The summed E-state index contributed by atoms with van der Waals surface area (Å²) in [6.07, 6.45) is 3.10. The van der Waals surface area contributed by atoms with Gasteiger partial charge in [-0.15, -0.1) is 0 Å². The van der Waals surface area contributed by atoms with E-state index in [1.165, 1.54) is 24.5 Å². The predicted molar refractivity (Wildman–Crippen MR) is 80.6 cm³/mol. The van der Waals surface area contributed by atoms with E-state index in [0.29, 0.717) is 12.1 Å². The molecule has 0 spiro atoms. The number of carbonyl (C=O) groups excluding carboxylic acids is 1. The highest BCUT2D eigenvalue weighted by atomic mass is 16.6. The number of amides is 1. The molecule has 0 atom stereocenters. The van der Waals surface area contributed by atoms with Crippen molar-refractivity contribution in [3.8, 4) is 0 Å². The quantitative estimate of drug-likeness (QED) is 0.490. The summed E-state index contributed by atoms with van der Waals surface area (Å²) < 4.78 is 1.15. The van der Waals surface area contributed by atoms with E-state index in [-0.39, 0.29) is 23.5 Å². The first-order chi connectivity index (χ1) is 10.5. The summed E-state index contributed by atoms with van der Waals surface area (Å²) in [6.45, 7) is 2.40. The van der Waals surface area contributed by atoms with Crippen LogP contribution in [0.15, 0.2) is 29.3 Å². The van der Waals surface area contributed by atoms with Gasteiger partial charge in [-0.1, -0.05) is 13.3 Å². The zero-order valence-corrected chi connectivity index (χ0v) is 12.1. The molecule has 0 saturated heterocycles. The lowest BCUT2D eigenvalue weighted by Gasteiger charge is -2.07. The van der Waals surface area contributed by atoms with E-state index in [9.17, 15) is 19.7 Å². The fourth-order valence-corrected chi connectivity index (χ4v) is 1.99. The lowest BCUT2D eigenvalue weighted by molar-refractivity contribution is -0.384. The molecule has 8 heteroatoms. The normalized spacial score (nSPS) is 10.6. The zero-order valence-electron chi connectivity index (χ0n) is 12.1. The second-order valence-electron chi connectivity index (χ2n) is 4.84. The number of unbranched alkanes of at least 4 members (excludes halogenated alkanes) is 1. The molecule has 1 heterocycles. The van der Waals surface area contributed by atoms with Crippen LogP contribution in [0, 0.1) is 10.1 Å². The Kier molecular flexibility index (Phi) is 4.82. The predicted octanol–water partition coefficient (Wildman–Crippen LogP) is 1.22. The van der Waals surface area contributed by atoms with Gasteiger partial charge in [0.15, 0.2) is 0 Å². The van der Waals surface area contributed by atoms with Crippen molar-refractivity contribution in [3.05, 3.63) is 45.0 Å². The van der Waals surface area contributed by atoms with E-state index in [2.05, 4.69) is 10.3 Å². The maximum Gasteiger partial charge on any atom is 0.270 e. The van der Waals surface area contributed by atoms with Crippen molar-refractivity contribution in [2.75, 3.05) is 6.54 Å². The number of nitrogens with one attached hydrogen (secondary N) is 1. The molecule has 2 rings (SSSR count). The first kappa shape index (κ1) is 15.6. The number of benzene rings is 1. The van der Waals surface area contributed by atoms with Crippen molar-refractivity contribution in [2.45, 2.75) is 26.3 Å². The number of nitro groups is 1. The van der Waals surface area contributed by atoms with Crippen molar-refractivity contribution in [1.29, 1.82) is 0 Å². The van der Waals surface area contributed by atoms with E-state index in [0.717, 1.165) is 17.4 Å². The molecule has 0 bridgehead atoms. The summed E-state index contributed by atoms with van der Waals surface area (Å²) in [5, 5.41) is 13.6. The number of hydrogen-bond acceptors (Lipinski definition) is 5. The third kappa shape index (κ3) is 3.46. The molecule has 0 fully saturated rings. The van der Waals surface area contributed by atoms with Gasteiger partial charge in [-0.05, 0) is 12.5 Å². The van der Waals surface area contributed by atoms with Gasteiger partial charge in [0.2, 0.25) is 5.91 Å². The van der Waals surface area contributed by atoms with Crippen LogP contribution in [0.3, 0.4) is 0 Å². The lowest BCUT2D eigenvalue weighted by Crippen LogP contribution is -2.32. The van der Waals surface area contributed by atoms with Gasteiger partial charge in [0, 0.05) is 18.7 Å². The Morgan fingerprint density at radius 1 is 1.45 bits per heavy atom. The van der Waals surface area contributed by atoms with Crippen LogP contribution in [0.25, 0.3) is 10.9 Å². The van der Waals surface area contributed by atoms with Crippen LogP contribution in [0.2, 0.25) is 0 Å². The van der Waals surface area contributed by atoms with E-state index in [4.69, 9.17) is 0 Å². The minimum Gasteiger partial charge on any atom is -0.355 e. The fourth-order valence-electron chi connectivity index (χ4n) is 1.99. The maximum absolute atomic E-state index is 12.3. The Balaban J connectivity index is 2.28. The van der Waals surface area contributed by atoms with Crippen LogP contribution in [-0.2, 0) is 11.3 Å². The third-order valence-electron chi connectivity index (χ3n) is 3.18. The van der Waals surface area contributed by atoms with Gasteiger partial charge in [-0.2, -0.15) is 0 Å². The number of carbonyl (C=O) groups is 1. The highest BCUT2D eigenvalue weighted by Crippen LogP contribution is 2.16. The van der Waals surface area contributed by atoms with Crippen molar-refractivity contribution in [3.63, 3.8) is 0 Å². The summed E-state index contributed by atoms with van der Waals surface area (Å²) in [6, 6.07) is 3.88. The number of nitro benzene ring substituents is 1. The van der Waals surface area contributed by atoms with Crippen LogP contribution in [0.4, 0.5) is 5.69 Å². The number of rotatable bonds is 6. The number of non-ortho nitro benzene ring substituents is 1. The average molecular weight is 304 g/mol. The summed E-state index contributed by atoms with van der Waals surface area (Å²) in [4.78, 5) is 38.3. The van der Waals surface area contributed by atoms with Gasteiger partial charge >= 0.3 is 0 Å². The van der Waals surface area contributed by atoms with Crippen LogP contribution >= 0.6 is 0 Å². The number of nitrogens with zero attached hydrogens (tertiary/aromatic N) is 3. The minimum atomic E-state index is -0.576. The molecular weight excluding hydrogens is 288 g/mol. The largest absolute Gasteiger partial charge is 0.355 e. The van der Waals surface area contributed by atoms with Crippen molar-refractivity contribution in [1.82, 2.24) is 14.9 Å². The van der Waals surface area contributed by atoms with E-state index in [1.54, 1.807) is 0 Å². The van der Waals surface area contributed by atoms with Gasteiger partial charge in [0.1, 0.15) is 6.54 Å². The monoisotopic (exact) mass is 304 g/mol. The Morgan fingerprint density at radius 2 is 2.23 bits per heavy atom. The maximum atomic E-state index is 12.3. The van der Waals surface area contributed by atoms with Crippen molar-refractivity contribution in [2.24, 2.45) is 0 Å². The summed E-state index contributed by atoms with van der Waals surface area (Å²) in [5.41, 5.74) is -0.297. The molecule has 1 aromatic heterocycles. The van der Waals surface area contributed by atoms with Crippen LogP contribution in [0.5, 0.6) is 0 Å². The highest BCUT2D eigenvalue weighted by molar-refractivity contribution is 5.80. The summed E-state index contributed by atoms with van der Waals surface area (Å²) in [5.74, 6) is -0.290. The van der Waals surface area contributed by atoms with Crippen molar-refractivity contribution >= 4 is 22.5 Å². The Morgan fingerprint density at radius 3 is 2.91 bits per heavy atom. The molecule has 0 saturated carbocycles. The second kappa shape index (κ2) is 6.79.